The molecule has 1 heterocycles. The maximum Gasteiger partial charge on any atom is 0.251 e. The summed E-state index contributed by atoms with van der Waals surface area (Å²) >= 11 is 0. The highest BCUT2D eigenvalue weighted by Gasteiger charge is 2.48. The van der Waals surface area contributed by atoms with Gasteiger partial charge in [-0.25, -0.2) is 0 Å². The zero-order valence-electron chi connectivity index (χ0n) is 14.4. The normalized spacial score (nSPS) is 32.6. The SMILES string of the molecule is O=C(NC1[C@H]2C[C@@H]3C[C@@H](C[C@H]1C3)C2)c1ccc(-c2ccccn2)cc1. The van der Waals surface area contributed by atoms with Gasteiger partial charge in [-0.3, -0.25) is 9.78 Å². The van der Waals surface area contributed by atoms with Crippen LogP contribution in [0.4, 0.5) is 0 Å². The predicted octanol–water partition coefficient (Wildman–Crippen LogP) is 4.30. The Hall–Kier alpha value is -2.16. The highest BCUT2D eigenvalue weighted by atomic mass is 16.1. The zero-order valence-corrected chi connectivity index (χ0v) is 14.4. The molecule has 4 bridgehead atoms. The van der Waals surface area contributed by atoms with Gasteiger partial charge in [-0.1, -0.05) is 18.2 Å². The Morgan fingerprint density at radius 2 is 1.56 bits per heavy atom. The van der Waals surface area contributed by atoms with Crippen LogP contribution in [0, 0.1) is 23.7 Å². The molecule has 0 atom stereocenters. The number of aromatic nitrogens is 1. The van der Waals surface area contributed by atoms with E-state index >= 15 is 0 Å². The summed E-state index contributed by atoms with van der Waals surface area (Å²) in [6, 6.07) is 14.1. The van der Waals surface area contributed by atoms with Crippen LogP contribution < -0.4 is 5.32 Å². The predicted molar refractivity (Wildman–Crippen MR) is 98.0 cm³/mol. The Morgan fingerprint density at radius 1 is 0.880 bits per heavy atom. The minimum atomic E-state index is 0.0880. The highest BCUT2D eigenvalue weighted by Crippen LogP contribution is 2.53. The van der Waals surface area contributed by atoms with Crippen LogP contribution in [0.3, 0.4) is 0 Å². The quantitative estimate of drug-likeness (QED) is 0.910. The molecule has 4 aliphatic rings. The number of hydrogen-bond acceptors (Lipinski definition) is 2. The molecule has 1 aromatic carbocycles. The van der Waals surface area contributed by atoms with Gasteiger partial charge in [0.15, 0.2) is 0 Å². The summed E-state index contributed by atoms with van der Waals surface area (Å²) in [4.78, 5) is 17.1. The summed E-state index contributed by atoms with van der Waals surface area (Å²) in [7, 11) is 0. The van der Waals surface area contributed by atoms with Crippen molar-refractivity contribution in [2.45, 2.75) is 38.1 Å². The molecule has 0 saturated heterocycles. The summed E-state index contributed by atoms with van der Waals surface area (Å²) in [6.45, 7) is 0. The Labute approximate surface area is 148 Å². The van der Waals surface area contributed by atoms with Gasteiger partial charge in [-0.05, 0) is 80.0 Å². The van der Waals surface area contributed by atoms with Crippen molar-refractivity contribution in [2.75, 3.05) is 0 Å². The molecule has 25 heavy (non-hydrogen) atoms. The molecule has 6 rings (SSSR count). The van der Waals surface area contributed by atoms with E-state index in [0.717, 1.165) is 28.7 Å². The van der Waals surface area contributed by atoms with Crippen molar-refractivity contribution >= 4 is 5.91 Å². The van der Waals surface area contributed by atoms with Gasteiger partial charge < -0.3 is 5.32 Å². The minimum absolute atomic E-state index is 0.0880. The Balaban J connectivity index is 1.30. The number of hydrogen-bond donors (Lipinski definition) is 1. The summed E-state index contributed by atoms with van der Waals surface area (Å²) < 4.78 is 0. The van der Waals surface area contributed by atoms with E-state index in [1.807, 2.05) is 42.5 Å². The number of nitrogens with zero attached hydrogens (tertiary/aromatic N) is 1. The van der Waals surface area contributed by atoms with Gasteiger partial charge in [0.25, 0.3) is 5.91 Å². The molecule has 0 spiro atoms. The lowest BCUT2D eigenvalue weighted by atomic mass is 9.54. The van der Waals surface area contributed by atoms with Crippen LogP contribution >= 0.6 is 0 Å². The molecule has 0 radical (unpaired) electrons. The summed E-state index contributed by atoms with van der Waals surface area (Å²) in [5, 5.41) is 3.38. The summed E-state index contributed by atoms with van der Waals surface area (Å²) in [5.41, 5.74) is 2.75. The zero-order chi connectivity index (χ0) is 16.8. The number of rotatable bonds is 3. The molecule has 1 N–H and O–H groups in total. The molecule has 4 saturated carbocycles. The molecular formula is C22H24N2O. The minimum Gasteiger partial charge on any atom is -0.349 e. The number of nitrogens with one attached hydrogen (secondary N) is 1. The molecule has 128 valence electrons. The Kier molecular flexibility index (Phi) is 3.61. The van der Waals surface area contributed by atoms with Crippen LogP contribution in [-0.2, 0) is 0 Å². The lowest BCUT2D eigenvalue weighted by Crippen LogP contribution is -2.55. The van der Waals surface area contributed by atoms with E-state index in [0.29, 0.717) is 17.9 Å². The average molecular weight is 332 g/mol. The second-order valence-electron chi connectivity index (χ2n) is 8.22. The van der Waals surface area contributed by atoms with E-state index in [4.69, 9.17) is 0 Å². The maximum atomic E-state index is 12.8. The molecule has 3 nitrogen and oxygen atoms in total. The van der Waals surface area contributed by atoms with Gasteiger partial charge >= 0.3 is 0 Å². The second kappa shape index (κ2) is 5.98. The molecule has 4 fully saturated rings. The van der Waals surface area contributed by atoms with E-state index in [9.17, 15) is 4.79 Å². The molecule has 1 amide bonds. The van der Waals surface area contributed by atoms with Crippen molar-refractivity contribution in [2.24, 2.45) is 23.7 Å². The average Bonchev–Trinajstić information content (AvgIpc) is 2.65. The first-order chi connectivity index (χ1) is 12.3. The van der Waals surface area contributed by atoms with E-state index < -0.39 is 0 Å². The highest BCUT2D eigenvalue weighted by molar-refractivity contribution is 5.94. The van der Waals surface area contributed by atoms with Crippen molar-refractivity contribution in [3.05, 3.63) is 54.2 Å². The van der Waals surface area contributed by atoms with E-state index in [2.05, 4.69) is 10.3 Å². The topological polar surface area (TPSA) is 42.0 Å². The molecule has 4 aliphatic carbocycles. The Bertz CT molecular complexity index is 740. The first-order valence-electron chi connectivity index (χ1n) is 9.58. The molecular weight excluding hydrogens is 308 g/mol. The third-order valence-corrected chi connectivity index (χ3v) is 6.63. The van der Waals surface area contributed by atoms with E-state index in [-0.39, 0.29) is 5.91 Å². The van der Waals surface area contributed by atoms with Crippen LogP contribution in [0.1, 0.15) is 42.5 Å². The standard InChI is InChI=1S/C22H24N2O/c25-22(17-6-4-16(5-7-17)20-3-1-2-8-23-20)24-21-18-10-14-9-15(12-18)13-19(21)11-14/h1-8,14-15,18-19,21H,9-13H2,(H,24,25)/t14-,15+,18-,19+,21?. The smallest absolute Gasteiger partial charge is 0.251 e. The first kappa shape index (κ1) is 15.1. The van der Waals surface area contributed by atoms with Gasteiger partial charge in [-0.15, -0.1) is 0 Å². The summed E-state index contributed by atoms with van der Waals surface area (Å²) in [6.07, 6.45) is 8.56. The molecule has 3 heteroatoms. The lowest BCUT2D eigenvalue weighted by molar-refractivity contribution is -0.0119. The van der Waals surface area contributed by atoms with Crippen LogP contribution in [0.15, 0.2) is 48.7 Å². The van der Waals surface area contributed by atoms with Crippen LogP contribution in [-0.4, -0.2) is 16.9 Å². The van der Waals surface area contributed by atoms with Gasteiger partial charge in [0.1, 0.15) is 0 Å². The molecule has 1 aromatic heterocycles. The first-order valence-corrected chi connectivity index (χ1v) is 9.58. The fraction of sp³-hybridized carbons (Fsp3) is 0.455. The number of carbonyl (C=O) groups excluding carboxylic acids is 1. The van der Waals surface area contributed by atoms with Crippen molar-refractivity contribution in [1.29, 1.82) is 0 Å². The fourth-order valence-corrected chi connectivity index (χ4v) is 5.72. The third kappa shape index (κ3) is 2.76. The van der Waals surface area contributed by atoms with Crippen molar-refractivity contribution in [3.8, 4) is 11.3 Å². The van der Waals surface area contributed by atoms with Gasteiger partial charge in [0, 0.05) is 23.4 Å². The van der Waals surface area contributed by atoms with Gasteiger partial charge in [0.2, 0.25) is 0 Å². The van der Waals surface area contributed by atoms with E-state index in [1.54, 1.807) is 6.20 Å². The van der Waals surface area contributed by atoms with Gasteiger partial charge in [0.05, 0.1) is 5.69 Å². The fourth-order valence-electron chi connectivity index (χ4n) is 5.72. The van der Waals surface area contributed by atoms with Crippen molar-refractivity contribution < 1.29 is 4.79 Å². The summed E-state index contributed by atoms with van der Waals surface area (Å²) in [5.74, 6) is 3.40. The number of pyridine rings is 1. The number of amides is 1. The van der Waals surface area contributed by atoms with E-state index in [1.165, 1.54) is 32.1 Å². The van der Waals surface area contributed by atoms with Crippen LogP contribution in [0.5, 0.6) is 0 Å². The monoisotopic (exact) mass is 332 g/mol. The molecule has 0 unspecified atom stereocenters. The Morgan fingerprint density at radius 3 is 2.16 bits per heavy atom. The van der Waals surface area contributed by atoms with Crippen LogP contribution in [0.25, 0.3) is 11.3 Å². The van der Waals surface area contributed by atoms with Crippen LogP contribution in [0.2, 0.25) is 0 Å². The molecule has 0 aliphatic heterocycles. The van der Waals surface area contributed by atoms with Crippen molar-refractivity contribution in [3.63, 3.8) is 0 Å². The molecule has 2 aromatic rings. The largest absolute Gasteiger partial charge is 0.349 e. The van der Waals surface area contributed by atoms with Crippen molar-refractivity contribution in [1.82, 2.24) is 10.3 Å². The number of carbonyl (C=O) groups is 1. The number of benzene rings is 1. The lowest BCUT2D eigenvalue weighted by Gasteiger charge is -2.54. The third-order valence-electron chi connectivity index (χ3n) is 6.63. The maximum absolute atomic E-state index is 12.8. The van der Waals surface area contributed by atoms with Gasteiger partial charge in [-0.2, -0.15) is 0 Å². The second-order valence-corrected chi connectivity index (χ2v) is 8.22.